The smallest absolute Gasteiger partial charge is 0.219 e. The lowest BCUT2D eigenvalue weighted by molar-refractivity contribution is -0.121. The maximum absolute atomic E-state index is 11.5. The largest absolute Gasteiger partial charge is 0.788 e. The summed E-state index contributed by atoms with van der Waals surface area (Å²) in [6.07, 6.45) is 22.6. The summed E-state index contributed by atoms with van der Waals surface area (Å²) in [6.45, 7) is 3.27. The summed E-state index contributed by atoms with van der Waals surface area (Å²) in [7, 11) is 0. The number of hydroxylamine groups is 1. The number of unbranched alkanes of at least 4 members (excludes halogenated alkanes) is 11. The molecular formula is C21H41N2O2-. The van der Waals surface area contributed by atoms with Crippen molar-refractivity contribution < 1.29 is 4.79 Å². The first-order chi connectivity index (χ1) is 12.3. The van der Waals surface area contributed by atoms with Gasteiger partial charge in [-0.15, -0.1) is 0 Å². The van der Waals surface area contributed by atoms with E-state index in [-0.39, 0.29) is 5.91 Å². The van der Waals surface area contributed by atoms with E-state index < -0.39 is 0 Å². The predicted molar refractivity (Wildman–Crippen MR) is 108 cm³/mol. The summed E-state index contributed by atoms with van der Waals surface area (Å²) in [5.41, 5.74) is 1.84. The monoisotopic (exact) mass is 353 g/mol. The zero-order valence-corrected chi connectivity index (χ0v) is 16.5. The molecule has 0 aliphatic heterocycles. The minimum absolute atomic E-state index is 0.114. The van der Waals surface area contributed by atoms with Gasteiger partial charge in [0.1, 0.15) is 0 Å². The third-order valence-electron chi connectivity index (χ3n) is 4.44. The summed E-state index contributed by atoms with van der Waals surface area (Å²) < 4.78 is 0. The number of nitrogens with one attached hydrogen (secondary N) is 2. The van der Waals surface area contributed by atoms with Gasteiger partial charge in [-0.05, 0) is 45.1 Å². The second-order valence-corrected chi connectivity index (χ2v) is 6.93. The van der Waals surface area contributed by atoms with Gasteiger partial charge >= 0.3 is 0 Å². The van der Waals surface area contributed by atoms with E-state index in [0.717, 1.165) is 12.8 Å². The van der Waals surface area contributed by atoms with Crippen LogP contribution in [0.2, 0.25) is 0 Å². The number of hydrogen-bond acceptors (Lipinski definition) is 3. The van der Waals surface area contributed by atoms with Crippen LogP contribution < -0.4 is 10.8 Å². The molecule has 0 aromatic rings. The average molecular weight is 354 g/mol. The first-order valence-electron chi connectivity index (χ1n) is 10.6. The molecule has 0 aromatic heterocycles. The second-order valence-electron chi connectivity index (χ2n) is 6.93. The molecule has 0 saturated carbocycles. The Morgan fingerprint density at radius 2 is 1.32 bits per heavy atom. The summed E-state index contributed by atoms with van der Waals surface area (Å²) in [5.74, 6) is 0.114. The standard InChI is InChI=1S/C21H41N2O2/c1-2-3-4-5-6-7-8-9-10-11-12-13-14-15-16-18-21(24)22-19-17-20-23-25/h9-10,23H,2-8,11-20H2,1H3,(H,22,24)/q-1. The van der Waals surface area contributed by atoms with Crippen molar-refractivity contribution in [1.29, 1.82) is 0 Å². The molecule has 0 rings (SSSR count). The van der Waals surface area contributed by atoms with Crippen LogP contribution in [0.3, 0.4) is 0 Å². The van der Waals surface area contributed by atoms with Crippen LogP contribution in [0.5, 0.6) is 0 Å². The second kappa shape index (κ2) is 21.2. The van der Waals surface area contributed by atoms with E-state index in [1.54, 1.807) is 0 Å². The maximum Gasteiger partial charge on any atom is 0.219 e. The van der Waals surface area contributed by atoms with Gasteiger partial charge in [-0.2, -0.15) is 0 Å². The van der Waals surface area contributed by atoms with Crippen molar-refractivity contribution in [1.82, 2.24) is 10.8 Å². The molecule has 0 unspecified atom stereocenters. The van der Waals surface area contributed by atoms with Crippen molar-refractivity contribution >= 4 is 5.91 Å². The van der Waals surface area contributed by atoms with E-state index in [9.17, 15) is 10.0 Å². The van der Waals surface area contributed by atoms with E-state index in [1.807, 2.05) is 5.48 Å². The molecule has 0 radical (unpaired) electrons. The Kier molecular flexibility index (Phi) is 20.4. The molecular weight excluding hydrogens is 312 g/mol. The van der Waals surface area contributed by atoms with Crippen LogP contribution >= 0.6 is 0 Å². The normalized spacial score (nSPS) is 11.3. The molecule has 1 amide bonds. The van der Waals surface area contributed by atoms with E-state index in [0.29, 0.717) is 25.9 Å². The summed E-state index contributed by atoms with van der Waals surface area (Å²) in [4.78, 5) is 11.5. The SMILES string of the molecule is CCCCCCCCC=CCCCCCCCC(=O)NCCCN[O-]. The Morgan fingerprint density at radius 1 is 0.760 bits per heavy atom. The number of carbonyl (C=O) groups excluding carboxylic acids is 1. The lowest BCUT2D eigenvalue weighted by atomic mass is 10.1. The van der Waals surface area contributed by atoms with Gasteiger partial charge in [0.05, 0.1) is 0 Å². The van der Waals surface area contributed by atoms with Crippen LogP contribution in [-0.4, -0.2) is 19.0 Å². The molecule has 0 fully saturated rings. The highest BCUT2D eigenvalue weighted by molar-refractivity contribution is 5.75. The van der Waals surface area contributed by atoms with Crippen LogP contribution in [0.15, 0.2) is 12.2 Å². The molecule has 0 heterocycles. The number of allylic oxidation sites excluding steroid dienone is 2. The Balaban J connectivity index is 3.17. The molecule has 148 valence electrons. The Hall–Kier alpha value is -0.870. The highest BCUT2D eigenvalue weighted by Gasteiger charge is 1.99. The van der Waals surface area contributed by atoms with Crippen LogP contribution in [0.25, 0.3) is 0 Å². The van der Waals surface area contributed by atoms with Crippen LogP contribution in [0.4, 0.5) is 0 Å². The molecule has 2 N–H and O–H groups in total. The highest BCUT2D eigenvalue weighted by atomic mass is 16.5. The van der Waals surface area contributed by atoms with Crippen molar-refractivity contribution in [2.45, 2.75) is 103 Å². The molecule has 0 spiro atoms. The lowest BCUT2D eigenvalue weighted by Gasteiger charge is -2.08. The van der Waals surface area contributed by atoms with Gasteiger partial charge in [-0.3, -0.25) is 4.79 Å². The minimum Gasteiger partial charge on any atom is -0.788 e. The van der Waals surface area contributed by atoms with Crippen molar-refractivity contribution in [3.05, 3.63) is 17.4 Å². The molecule has 0 aromatic carbocycles. The number of rotatable bonds is 19. The molecule has 4 nitrogen and oxygen atoms in total. The third kappa shape index (κ3) is 21.1. The molecule has 0 aliphatic rings. The highest BCUT2D eigenvalue weighted by Crippen LogP contribution is 2.09. The van der Waals surface area contributed by atoms with Gasteiger partial charge in [0.25, 0.3) is 0 Å². The van der Waals surface area contributed by atoms with E-state index >= 15 is 0 Å². The fraction of sp³-hybridized carbons (Fsp3) is 0.857. The Bertz CT molecular complexity index is 306. The van der Waals surface area contributed by atoms with Crippen LogP contribution in [0, 0.1) is 5.21 Å². The Morgan fingerprint density at radius 3 is 1.92 bits per heavy atom. The van der Waals surface area contributed by atoms with Gasteiger partial charge in [-0.25, -0.2) is 0 Å². The molecule has 0 saturated heterocycles. The molecule has 0 bridgehead atoms. The summed E-state index contributed by atoms with van der Waals surface area (Å²) in [6, 6.07) is 0. The van der Waals surface area contributed by atoms with Crippen molar-refractivity contribution in [2.75, 3.05) is 13.1 Å². The molecule has 4 heteroatoms. The molecule has 25 heavy (non-hydrogen) atoms. The molecule has 0 atom stereocenters. The summed E-state index contributed by atoms with van der Waals surface area (Å²) >= 11 is 0. The first kappa shape index (κ1) is 24.1. The minimum atomic E-state index is 0.114. The number of hydrogen-bond donors (Lipinski definition) is 2. The van der Waals surface area contributed by atoms with Gasteiger partial charge in [-0.1, -0.05) is 70.4 Å². The van der Waals surface area contributed by atoms with Crippen molar-refractivity contribution in [3.63, 3.8) is 0 Å². The number of carbonyl (C=O) groups is 1. The zero-order chi connectivity index (χ0) is 18.4. The topological polar surface area (TPSA) is 64.2 Å². The van der Waals surface area contributed by atoms with Gasteiger partial charge in [0.2, 0.25) is 5.91 Å². The quantitative estimate of drug-likeness (QED) is 0.180. The number of amides is 1. The van der Waals surface area contributed by atoms with E-state index in [4.69, 9.17) is 0 Å². The van der Waals surface area contributed by atoms with Crippen LogP contribution in [0.1, 0.15) is 103 Å². The van der Waals surface area contributed by atoms with E-state index in [1.165, 1.54) is 70.6 Å². The summed E-state index contributed by atoms with van der Waals surface area (Å²) in [5, 5.41) is 12.9. The zero-order valence-electron chi connectivity index (χ0n) is 16.5. The maximum atomic E-state index is 11.5. The fourth-order valence-electron chi connectivity index (χ4n) is 2.83. The fourth-order valence-corrected chi connectivity index (χ4v) is 2.83. The lowest BCUT2D eigenvalue weighted by Crippen LogP contribution is -2.25. The molecule has 0 aliphatic carbocycles. The van der Waals surface area contributed by atoms with Gasteiger partial charge < -0.3 is 16.0 Å². The first-order valence-corrected chi connectivity index (χ1v) is 10.6. The van der Waals surface area contributed by atoms with Gasteiger partial charge in [0.15, 0.2) is 0 Å². The van der Waals surface area contributed by atoms with Crippen LogP contribution in [-0.2, 0) is 4.79 Å². The Labute approximate surface area is 155 Å². The van der Waals surface area contributed by atoms with Crippen molar-refractivity contribution in [3.8, 4) is 0 Å². The predicted octanol–water partition coefficient (Wildman–Crippen LogP) is 5.62. The van der Waals surface area contributed by atoms with Crippen molar-refractivity contribution in [2.24, 2.45) is 0 Å². The average Bonchev–Trinajstić information content (AvgIpc) is 2.62. The third-order valence-corrected chi connectivity index (χ3v) is 4.44. The van der Waals surface area contributed by atoms with E-state index in [2.05, 4.69) is 24.4 Å². The van der Waals surface area contributed by atoms with Gasteiger partial charge in [0, 0.05) is 13.0 Å².